The molecule has 1 aromatic heterocycles. The van der Waals surface area contributed by atoms with E-state index in [0.29, 0.717) is 31.2 Å². The van der Waals surface area contributed by atoms with E-state index in [-0.39, 0.29) is 11.8 Å². The summed E-state index contributed by atoms with van der Waals surface area (Å²) in [6.45, 7) is 7.78. The van der Waals surface area contributed by atoms with E-state index in [4.69, 9.17) is 4.52 Å². The second-order valence-corrected chi connectivity index (χ2v) is 3.99. The molecule has 0 aromatic carbocycles. The van der Waals surface area contributed by atoms with Crippen LogP contribution in [0.5, 0.6) is 0 Å². The minimum atomic E-state index is -0.0284. The first-order chi connectivity index (χ1) is 8.13. The normalized spacial score (nSPS) is 12.4. The highest BCUT2D eigenvalue weighted by Gasteiger charge is 2.11. The predicted octanol–water partition coefficient (Wildman–Crippen LogP) is 0.282. The third kappa shape index (κ3) is 4.95. The number of carbonyl (C=O) groups excluding carboxylic acids is 1. The van der Waals surface area contributed by atoms with Crippen molar-refractivity contribution >= 4 is 5.91 Å². The van der Waals surface area contributed by atoms with Crippen LogP contribution in [0.4, 0.5) is 0 Å². The average Bonchev–Trinajstić information content (AvgIpc) is 2.71. The fourth-order valence-electron chi connectivity index (χ4n) is 1.36. The van der Waals surface area contributed by atoms with E-state index in [0.717, 1.165) is 6.54 Å². The van der Waals surface area contributed by atoms with Crippen LogP contribution in [-0.2, 0) is 11.2 Å². The van der Waals surface area contributed by atoms with Crippen LogP contribution in [0.25, 0.3) is 0 Å². The maximum Gasteiger partial charge on any atom is 0.228 e. The first kappa shape index (κ1) is 13.6. The molecular formula is C11H20N4O2. The van der Waals surface area contributed by atoms with Crippen molar-refractivity contribution in [2.24, 2.45) is 5.92 Å². The molecular weight excluding hydrogens is 220 g/mol. The van der Waals surface area contributed by atoms with E-state index in [1.807, 2.05) is 13.8 Å². The van der Waals surface area contributed by atoms with Gasteiger partial charge in [0.15, 0.2) is 5.82 Å². The number of aryl methyl sites for hydroxylation is 1. The number of carbonyl (C=O) groups is 1. The summed E-state index contributed by atoms with van der Waals surface area (Å²) in [7, 11) is 0. The fraction of sp³-hybridized carbons (Fsp3) is 0.727. The molecule has 0 fully saturated rings. The first-order valence-corrected chi connectivity index (χ1v) is 5.91. The summed E-state index contributed by atoms with van der Waals surface area (Å²) in [5.74, 6) is 1.19. The van der Waals surface area contributed by atoms with Crippen molar-refractivity contribution in [3.8, 4) is 0 Å². The van der Waals surface area contributed by atoms with Crippen molar-refractivity contribution in [3.63, 3.8) is 0 Å². The van der Waals surface area contributed by atoms with E-state index in [1.54, 1.807) is 6.92 Å². The maximum atomic E-state index is 11.6. The number of hydrogen-bond acceptors (Lipinski definition) is 5. The third-order valence-electron chi connectivity index (χ3n) is 2.36. The van der Waals surface area contributed by atoms with Gasteiger partial charge in [-0.1, -0.05) is 19.0 Å². The standard InChI is InChI=1S/C11H20N4O2/c1-4-12-7-8(2)11(16)13-6-5-10-14-9(3)15-17-10/h8,12H,4-7H2,1-3H3,(H,13,16). The molecule has 0 radical (unpaired) electrons. The Balaban J connectivity index is 2.19. The summed E-state index contributed by atoms with van der Waals surface area (Å²) in [5, 5.41) is 9.66. The Labute approximate surface area is 101 Å². The molecule has 1 rings (SSSR count). The summed E-state index contributed by atoms with van der Waals surface area (Å²) < 4.78 is 4.95. The van der Waals surface area contributed by atoms with E-state index in [2.05, 4.69) is 20.8 Å². The van der Waals surface area contributed by atoms with Gasteiger partial charge in [-0.25, -0.2) is 0 Å². The molecule has 6 heteroatoms. The summed E-state index contributed by atoms with van der Waals surface area (Å²) in [6.07, 6.45) is 0.570. The summed E-state index contributed by atoms with van der Waals surface area (Å²) in [4.78, 5) is 15.7. The Hall–Kier alpha value is -1.43. The SMILES string of the molecule is CCNCC(C)C(=O)NCCc1nc(C)no1. The molecule has 1 aromatic rings. The van der Waals surface area contributed by atoms with Crippen LogP contribution in [0.2, 0.25) is 0 Å². The molecule has 2 N–H and O–H groups in total. The van der Waals surface area contributed by atoms with Gasteiger partial charge >= 0.3 is 0 Å². The lowest BCUT2D eigenvalue weighted by Crippen LogP contribution is -2.36. The quantitative estimate of drug-likeness (QED) is 0.715. The fourth-order valence-corrected chi connectivity index (χ4v) is 1.36. The molecule has 1 heterocycles. The first-order valence-electron chi connectivity index (χ1n) is 5.91. The van der Waals surface area contributed by atoms with Crippen molar-refractivity contribution in [2.75, 3.05) is 19.6 Å². The Morgan fingerprint density at radius 1 is 1.53 bits per heavy atom. The molecule has 96 valence electrons. The van der Waals surface area contributed by atoms with E-state index < -0.39 is 0 Å². The molecule has 0 saturated heterocycles. The van der Waals surface area contributed by atoms with Gasteiger partial charge in [-0.3, -0.25) is 4.79 Å². The third-order valence-corrected chi connectivity index (χ3v) is 2.36. The number of hydrogen-bond donors (Lipinski definition) is 2. The van der Waals surface area contributed by atoms with Crippen LogP contribution < -0.4 is 10.6 Å². The Bertz CT molecular complexity index is 351. The molecule has 1 amide bonds. The van der Waals surface area contributed by atoms with Crippen molar-refractivity contribution < 1.29 is 9.32 Å². The minimum absolute atomic E-state index is 0.0284. The Morgan fingerprint density at radius 2 is 2.29 bits per heavy atom. The lowest BCUT2D eigenvalue weighted by Gasteiger charge is -2.11. The predicted molar refractivity (Wildman–Crippen MR) is 63.5 cm³/mol. The van der Waals surface area contributed by atoms with E-state index >= 15 is 0 Å². The van der Waals surface area contributed by atoms with Gasteiger partial charge in [-0.2, -0.15) is 4.98 Å². The maximum absolute atomic E-state index is 11.6. The molecule has 0 aliphatic heterocycles. The number of nitrogens with one attached hydrogen (secondary N) is 2. The van der Waals surface area contributed by atoms with Crippen LogP contribution in [0.15, 0.2) is 4.52 Å². The van der Waals surface area contributed by atoms with Gasteiger partial charge in [0.1, 0.15) is 0 Å². The zero-order chi connectivity index (χ0) is 12.7. The zero-order valence-electron chi connectivity index (χ0n) is 10.6. The van der Waals surface area contributed by atoms with Gasteiger partial charge in [0, 0.05) is 25.4 Å². The van der Waals surface area contributed by atoms with Crippen molar-refractivity contribution in [2.45, 2.75) is 27.2 Å². The number of aromatic nitrogens is 2. The molecule has 0 spiro atoms. The molecule has 0 bridgehead atoms. The lowest BCUT2D eigenvalue weighted by atomic mass is 10.1. The summed E-state index contributed by atoms with van der Waals surface area (Å²) in [6, 6.07) is 0. The smallest absolute Gasteiger partial charge is 0.228 e. The second-order valence-electron chi connectivity index (χ2n) is 3.99. The van der Waals surface area contributed by atoms with Crippen LogP contribution in [0, 0.1) is 12.8 Å². The molecule has 0 aliphatic carbocycles. The molecule has 17 heavy (non-hydrogen) atoms. The van der Waals surface area contributed by atoms with Crippen LogP contribution in [0.1, 0.15) is 25.6 Å². The summed E-state index contributed by atoms with van der Waals surface area (Å²) >= 11 is 0. The van der Waals surface area contributed by atoms with Crippen molar-refractivity contribution in [1.29, 1.82) is 0 Å². The van der Waals surface area contributed by atoms with Gasteiger partial charge in [0.05, 0.1) is 0 Å². The lowest BCUT2D eigenvalue weighted by molar-refractivity contribution is -0.124. The average molecular weight is 240 g/mol. The van der Waals surface area contributed by atoms with Crippen molar-refractivity contribution in [1.82, 2.24) is 20.8 Å². The molecule has 0 aliphatic rings. The Kier molecular flexibility index (Phi) is 5.62. The van der Waals surface area contributed by atoms with Crippen molar-refractivity contribution in [3.05, 3.63) is 11.7 Å². The van der Waals surface area contributed by atoms with Crippen LogP contribution >= 0.6 is 0 Å². The van der Waals surface area contributed by atoms with Gasteiger partial charge in [0.25, 0.3) is 0 Å². The van der Waals surface area contributed by atoms with Gasteiger partial charge in [-0.05, 0) is 13.5 Å². The molecule has 0 saturated carbocycles. The minimum Gasteiger partial charge on any atom is -0.355 e. The highest BCUT2D eigenvalue weighted by Crippen LogP contribution is 1.97. The van der Waals surface area contributed by atoms with Gasteiger partial charge in [0.2, 0.25) is 11.8 Å². The van der Waals surface area contributed by atoms with E-state index in [1.165, 1.54) is 0 Å². The highest BCUT2D eigenvalue weighted by molar-refractivity contribution is 5.78. The number of amides is 1. The second kappa shape index (κ2) is 7.01. The van der Waals surface area contributed by atoms with E-state index in [9.17, 15) is 4.79 Å². The molecule has 1 unspecified atom stereocenters. The monoisotopic (exact) mass is 240 g/mol. The van der Waals surface area contributed by atoms with Crippen LogP contribution in [-0.4, -0.2) is 35.7 Å². The zero-order valence-corrected chi connectivity index (χ0v) is 10.6. The van der Waals surface area contributed by atoms with Crippen LogP contribution in [0.3, 0.4) is 0 Å². The largest absolute Gasteiger partial charge is 0.355 e. The number of nitrogens with zero attached hydrogens (tertiary/aromatic N) is 2. The topological polar surface area (TPSA) is 80.0 Å². The molecule has 1 atom stereocenters. The number of rotatable bonds is 7. The van der Waals surface area contributed by atoms with Gasteiger partial charge in [-0.15, -0.1) is 0 Å². The van der Waals surface area contributed by atoms with Gasteiger partial charge < -0.3 is 15.2 Å². The highest BCUT2D eigenvalue weighted by atomic mass is 16.5. The Morgan fingerprint density at radius 3 is 2.88 bits per heavy atom. The summed E-state index contributed by atoms with van der Waals surface area (Å²) in [5.41, 5.74) is 0. The molecule has 6 nitrogen and oxygen atoms in total.